The van der Waals surface area contributed by atoms with Crippen molar-refractivity contribution in [3.63, 3.8) is 0 Å². The summed E-state index contributed by atoms with van der Waals surface area (Å²) in [5.41, 5.74) is 0.307. The van der Waals surface area contributed by atoms with Gasteiger partial charge in [0, 0.05) is 18.2 Å². The van der Waals surface area contributed by atoms with Crippen LogP contribution in [0.1, 0.15) is 18.4 Å². The first-order chi connectivity index (χ1) is 9.09. The number of rotatable bonds is 3. The van der Waals surface area contributed by atoms with Crippen LogP contribution in [0.25, 0.3) is 6.08 Å². The molecule has 1 aliphatic heterocycles. The van der Waals surface area contributed by atoms with Crippen molar-refractivity contribution < 1.29 is 19.1 Å². The predicted molar refractivity (Wildman–Crippen MR) is 67.8 cm³/mol. The Labute approximate surface area is 110 Å². The molecule has 1 aromatic carbocycles. The van der Waals surface area contributed by atoms with E-state index >= 15 is 0 Å². The third-order valence-corrected chi connectivity index (χ3v) is 3.13. The van der Waals surface area contributed by atoms with Crippen LogP contribution in [-0.4, -0.2) is 34.5 Å². The van der Waals surface area contributed by atoms with Gasteiger partial charge in [-0.05, 0) is 25.0 Å². The van der Waals surface area contributed by atoms with Crippen LogP contribution >= 0.6 is 0 Å². The molecule has 1 unspecified atom stereocenters. The number of carboxylic acids is 1. The highest BCUT2D eigenvalue weighted by Gasteiger charge is 2.32. The molecule has 1 saturated heterocycles. The van der Waals surface area contributed by atoms with Crippen LogP contribution in [0.2, 0.25) is 0 Å². The normalized spacial score (nSPS) is 19.0. The molecule has 0 radical (unpaired) electrons. The van der Waals surface area contributed by atoms with Crippen LogP contribution in [0.3, 0.4) is 0 Å². The van der Waals surface area contributed by atoms with E-state index in [1.165, 1.54) is 23.1 Å². The Hall–Kier alpha value is -2.17. The average molecular weight is 263 g/mol. The zero-order chi connectivity index (χ0) is 13.8. The number of likely N-dealkylation sites (tertiary alicyclic amines) is 1. The van der Waals surface area contributed by atoms with E-state index in [0.717, 1.165) is 0 Å². The predicted octanol–water partition coefficient (Wildman–Crippen LogP) is 1.91. The molecule has 5 heteroatoms. The van der Waals surface area contributed by atoms with Gasteiger partial charge < -0.3 is 10.0 Å². The molecule has 1 heterocycles. The summed E-state index contributed by atoms with van der Waals surface area (Å²) in [7, 11) is 0. The zero-order valence-corrected chi connectivity index (χ0v) is 10.3. The molecule has 2 rings (SSSR count). The van der Waals surface area contributed by atoms with Gasteiger partial charge in [0.2, 0.25) is 5.91 Å². The summed E-state index contributed by atoms with van der Waals surface area (Å²) in [5, 5.41) is 8.98. The molecule has 0 bridgehead atoms. The van der Waals surface area contributed by atoms with Crippen LogP contribution in [0.5, 0.6) is 0 Å². The summed E-state index contributed by atoms with van der Waals surface area (Å²) >= 11 is 0. The molecule has 19 heavy (non-hydrogen) atoms. The molecule has 1 atom stereocenters. The molecule has 1 amide bonds. The van der Waals surface area contributed by atoms with Crippen molar-refractivity contribution >= 4 is 18.0 Å². The van der Waals surface area contributed by atoms with Gasteiger partial charge >= 0.3 is 5.97 Å². The largest absolute Gasteiger partial charge is 0.480 e. The summed E-state index contributed by atoms with van der Waals surface area (Å²) in [4.78, 5) is 24.2. The number of benzene rings is 1. The number of hydrogen-bond acceptors (Lipinski definition) is 2. The van der Waals surface area contributed by atoms with Crippen molar-refractivity contribution in [2.75, 3.05) is 6.54 Å². The highest BCUT2D eigenvalue weighted by Crippen LogP contribution is 2.18. The first-order valence-corrected chi connectivity index (χ1v) is 6.05. The van der Waals surface area contributed by atoms with Gasteiger partial charge in [0.05, 0.1) is 0 Å². The molecule has 1 N–H and O–H groups in total. The monoisotopic (exact) mass is 263 g/mol. The third kappa shape index (κ3) is 2.99. The second-order valence-corrected chi connectivity index (χ2v) is 4.38. The summed E-state index contributed by atoms with van der Waals surface area (Å²) in [6.45, 7) is 0.428. The number of amides is 1. The summed E-state index contributed by atoms with van der Waals surface area (Å²) in [5.74, 6) is -1.80. The van der Waals surface area contributed by atoms with Crippen molar-refractivity contribution in [3.8, 4) is 0 Å². The van der Waals surface area contributed by atoms with Crippen LogP contribution in [0.4, 0.5) is 4.39 Å². The number of nitrogens with zero attached hydrogens (tertiary/aromatic N) is 1. The Kier molecular flexibility index (Phi) is 3.94. The molecular formula is C14H14FNO3. The standard InChI is InChI=1S/C14H14FNO3/c15-11-5-2-1-4-10(11)7-8-13(17)16-9-3-6-12(16)14(18)19/h1-2,4-5,7-8,12H,3,6,9H2,(H,18,19). The van der Waals surface area contributed by atoms with Crippen LogP contribution in [0.15, 0.2) is 30.3 Å². The van der Waals surface area contributed by atoms with Gasteiger partial charge in [0.25, 0.3) is 0 Å². The molecule has 4 nitrogen and oxygen atoms in total. The summed E-state index contributed by atoms with van der Waals surface area (Å²) in [6, 6.07) is 5.33. The minimum atomic E-state index is -0.995. The lowest BCUT2D eigenvalue weighted by atomic mass is 10.2. The van der Waals surface area contributed by atoms with E-state index in [0.29, 0.717) is 24.9 Å². The van der Waals surface area contributed by atoms with Gasteiger partial charge in [-0.2, -0.15) is 0 Å². The minimum Gasteiger partial charge on any atom is -0.480 e. The average Bonchev–Trinajstić information content (AvgIpc) is 2.87. The molecular weight excluding hydrogens is 249 g/mol. The smallest absolute Gasteiger partial charge is 0.326 e. The van der Waals surface area contributed by atoms with E-state index in [-0.39, 0.29) is 0 Å². The first-order valence-electron chi connectivity index (χ1n) is 6.05. The van der Waals surface area contributed by atoms with Crippen LogP contribution < -0.4 is 0 Å². The van der Waals surface area contributed by atoms with E-state index in [2.05, 4.69) is 0 Å². The van der Waals surface area contributed by atoms with Gasteiger partial charge in [-0.15, -0.1) is 0 Å². The van der Waals surface area contributed by atoms with Crippen molar-refractivity contribution in [3.05, 3.63) is 41.7 Å². The van der Waals surface area contributed by atoms with Gasteiger partial charge in [-0.25, -0.2) is 9.18 Å². The van der Waals surface area contributed by atoms with Crippen molar-refractivity contribution in [2.24, 2.45) is 0 Å². The summed E-state index contributed by atoms with van der Waals surface area (Å²) < 4.78 is 13.4. The fourth-order valence-corrected chi connectivity index (χ4v) is 2.15. The van der Waals surface area contributed by atoms with E-state index < -0.39 is 23.7 Å². The van der Waals surface area contributed by atoms with Crippen LogP contribution in [-0.2, 0) is 9.59 Å². The fourth-order valence-electron chi connectivity index (χ4n) is 2.15. The highest BCUT2D eigenvalue weighted by atomic mass is 19.1. The van der Waals surface area contributed by atoms with Gasteiger partial charge in [0.1, 0.15) is 11.9 Å². The topological polar surface area (TPSA) is 57.6 Å². The molecule has 0 saturated carbocycles. The number of halogens is 1. The SMILES string of the molecule is O=C(O)C1CCCN1C(=O)C=Cc1ccccc1F. The molecule has 1 fully saturated rings. The number of aliphatic carboxylic acids is 1. The third-order valence-electron chi connectivity index (χ3n) is 3.13. The second-order valence-electron chi connectivity index (χ2n) is 4.38. The Balaban J connectivity index is 2.09. The molecule has 0 aromatic heterocycles. The van der Waals surface area contributed by atoms with Gasteiger partial charge in [0.15, 0.2) is 0 Å². The molecule has 100 valence electrons. The number of carbonyl (C=O) groups excluding carboxylic acids is 1. The van der Waals surface area contributed by atoms with E-state index in [4.69, 9.17) is 5.11 Å². The minimum absolute atomic E-state index is 0.307. The lowest BCUT2D eigenvalue weighted by Crippen LogP contribution is -2.39. The van der Waals surface area contributed by atoms with E-state index in [1.54, 1.807) is 18.2 Å². The zero-order valence-electron chi connectivity index (χ0n) is 10.3. The Bertz CT molecular complexity index is 527. The second kappa shape index (κ2) is 5.65. The maximum Gasteiger partial charge on any atom is 0.326 e. The lowest BCUT2D eigenvalue weighted by molar-refractivity contribution is -0.146. The number of carbonyl (C=O) groups is 2. The summed E-state index contributed by atoms with van der Waals surface area (Å²) in [6.07, 6.45) is 3.74. The quantitative estimate of drug-likeness (QED) is 0.847. The molecule has 1 aromatic rings. The number of hydrogen-bond donors (Lipinski definition) is 1. The van der Waals surface area contributed by atoms with Gasteiger partial charge in [-0.1, -0.05) is 18.2 Å². The Morgan fingerprint density at radius 3 is 2.79 bits per heavy atom. The fraction of sp³-hybridized carbons (Fsp3) is 0.286. The van der Waals surface area contributed by atoms with Gasteiger partial charge in [-0.3, -0.25) is 4.79 Å². The Morgan fingerprint density at radius 2 is 2.11 bits per heavy atom. The van der Waals surface area contributed by atoms with Crippen molar-refractivity contribution in [2.45, 2.75) is 18.9 Å². The molecule has 0 spiro atoms. The Morgan fingerprint density at radius 1 is 1.37 bits per heavy atom. The molecule has 0 aliphatic carbocycles. The maximum absolute atomic E-state index is 13.4. The number of carboxylic acid groups (broad SMARTS) is 1. The van der Waals surface area contributed by atoms with Crippen molar-refractivity contribution in [1.82, 2.24) is 4.90 Å². The molecule has 1 aliphatic rings. The maximum atomic E-state index is 13.4. The lowest BCUT2D eigenvalue weighted by Gasteiger charge is -2.19. The highest BCUT2D eigenvalue weighted by molar-refractivity contribution is 5.94. The first kappa shape index (κ1) is 13.3. The van der Waals surface area contributed by atoms with Crippen LogP contribution in [0, 0.1) is 5.82 Å². The van der Waals surface area contributed by atoms with E-state index in [9.17, 15) is 14.0 Å². The van der Waals surface area contributed by atoms with Crippen molar-refractivity contribution in [1.29, 1.82) is 0 Å². The van der Waals surface area contributed by atoms with E-state index in [1.807, 2.05) is 0 Å².